The topological polar surface area (TPSA) is 60.9 Å². The Balaban J connectivity index is 2.18. The molecule has 1 aliphatic carbocycles. The van der Waals surface area contributed by atoms with Gasteiger partial charge < -0.3 is 5.73 Å². The van der Waals surface area contributed by atoms with Crippen LogP contribution in [0.5, 0.6) is 0 Å². The summed E-state index contributed by atoms with van der Waals surface area (Å²) in [5.41, 5.74) is 7.03. The van der Waals surface area contributed by atoms with Gasteiger partial charge in [-0.3, -0.25) is 9.48 Å². The van der Waals surface area contributed by atoms with Crippen LogP contribution in [0.25, 0.3) is 0 Å². The number of carbonyl (C=O) groups is 1. The molecule has 1 aromatic heterocycles. The van der Waals surface area contributed by atoms with Gasteiger partial charge in [0.25, 0.3) is 0 Å². The van der Waals surface area contributed by atoms with Crippen LogP contribution in [0.2, 0.25) is 5.02 Å². The number of aromatic nitrogens is 2. The zero-order valence-corrected chi connectivity index (χ0v) is 11.0. The number of aryl methyl sites for hydroxylation is 2. The molecule has 0 unspecified atom stereocenters. The van der Waals surface area contributed by atoms with Crippen molar-refractivity contribution in [2.45, 2.75) is 44.6 Å². The van der Waals surface area contributed by atoms with Crippen molar-refractivity contribution < 1.29 is 4.79 Å². The minimum absolute atomic E-state index is 0.0832. The summed E-state index contributed by atoms with van der Waals surface area (Å²) in [5.74, 6) is 0.0832. The number of rotatable bonds is 3. The lowest BCUT2D eigenvalue weighted by molar-refractivity contribution is -0.123. The molecule has 0 spiro atoms. The van der Waals surface area contributed by atoms with Gasteiger partial charge in [-0.1, -0.05) is 24.4 Å². The lowest BCUT2D eigenvalue weighted by Crippen LogP contribution is -2.46. The monoisotopic (exact) mass is 255 g/mol. The Morgan fingerprint density at radius 2 is 2.12 bits per heavy atom. The molecule has 0 amide bonds. The van der Waals surface area contributed by atoms with Crippen LogP contribution in [0.15, 0.2) is 0 Å². The summed E-state index contributed by atoms with van der Waals surface area (Å²) in [4.78, 5) is 12.2. The van der Waals surface area contributed by atoms with Gasteiger partial charge in [0.2, 0.25) is 0 Å². The molecule has 0 bridgehead atoms. The fraction of sp³-hybridized carbons (Fsp3) is 0.667. The maximum Gasteiger partial charge on any atom is 0.158 e. The molecule has 0 saturated heterocycles. The van der Waals surface area contributed by atoms with Gasteiger partial charge >= 0.3 is 0 Å². The Morgan fingerprint density at radius 3 is 2.59 bits per heavy atom. The molecule has 2 N–H and O–H groups in total. The quantitative estimate of drug-likeness (QED) is 0.895. The number of ketones is 1. The van der Waals surface area contributed by atoms with Gasteiger partial charge in [0, 0.05) is 7.05 Å². The number of Topliss-reactive ketones (excluding diaryl/α,β-unsaturated/α-hetero) is 1. The molecule has 4 nitrogen and oxygen atoms in total. The van der Waals surface area contributed by atoms with Gasteiger partial charge in [-0.15, -0.1) is 0 Å². The molecule has 5 heteroatoms. The smallest absolute Gasteiger partial charge is 0.158 e. The average Bonchev–Trinajstić information content (AvgIpc) is 2.80. The zero-order chi connectivity index (χ0) is 12.6. The average molecular weight is 256 g/mol. The van der Waals surface area contributed by atoms with Crippen molar-refractivity contribution >= 4 is 17.4 Å². The summed E-state index contributed by atoms with van der Waals surface area (Å²) in [6, 6.07) is 0. The van der Waals surface area contributed by atoms with Crippen molar-refractivity contribution in [3.8, 4) is 0 Å². The molecular formula is C12H18ClN3O. The maximum atomic E-state index is 12.2. The number of carbonyl (C=O) groups excluding carboxylic acids is 1. The molecule has 1 heterocycles. The summed E-state index contributed by atoms with van der Waals surface area (Å²) in [6.45, 7) is 1.84. The largest absolute Gasteiger partial charge is 0.319 e. The molecule has 1 saturated carbocycles. The van der Waals surface area contributed by atoms with Crippen molar-refractivity contribution in [2.75, 3.05) is 0 Å². The molecule has 1 aromatic rings. The number of hydrogen-bond donors (Lipinski definition) is 1. The Kier molecular flexibility index (Phi) is 3.27. The molecule has 0 aliphatic heterocycles. The minimum Gasteiger partial charge on any atom is -0.319 e. The second-order valence-electron chi connectivity index (χ2n) is 4.93. The molecule has 2 rings (SSSR count). The van der Waals surface area contributed by atoms with Crippen LogP contribution in [0.3, 0.4) is 0 Å². The van der Waals surface area contributed by atoms with Gasteiger partial charge in [-0.2, -0.15) is 5.10 Å². The van der Waals surface area contributed by atoms with E-state index in [2.05, 4.69) is 5.10 Å². The number of nitrogens with zero attached hydrogens (tertiary/aromatic N) is 2. The van der Waals surface area contributed by atoms with E-state index in [1.165, 1.54) is 0 Å². The Morgan fingerprint density at radius 1 is 1.53 bits per heavy atom. The second kappa shape index (κ2) is 4.42. The number of nitrogens with two attached hydrogens (primary N) is 1. The van der Waals surface area contributed by atoms with Crippen LogP contribution in [0.1, 0.15) is 37.1 Å². The van der Waals surface area contributed by atoms with Gasteiger partial charge in [-0.05, 0) is 19.8 Å². The predicted molar refractivity (Wildman–Crippen MR) is 67.1 cm³/mol. The summed E-state index contributed by atoms with van der Waals surface area (Å²) < 4.78 is 1.67. The van der Waals surface area contributed by atoms with Crippen molar-refractivity contribution in [3.05, 3.63) is 16.4 Å². The predicted octanol–water partition coefficient (Wildman–Crippen LogP) is 1.77. The van der Waals surface area contributed by atoms with E-state index < -0.39 is 5.54 Å². The summed E-state index contributed by atoms with van der Waals surface area (Å²) in [5, 5.41) is 4.79. The van der Waals surface area contributed by atoms with Crippen LogP contribution < -0.4 is 5.73 Å². The molecule has 1 aliphatic rings. The van der Waals surface area contributed by atoms with Crippen molar-refractivity contribution in [3.63, 3.8) is 0 Å². The fourth-order valence-electron chi connectivity index (χ4n) is 2.48. The van der Waals surface area contributed by atoms with E-state index in [9.17, 15) is 4.79 Å². The van der Waals surface area contributed by atoms with Crippen LogP contribution in [0.4, 0.5) is 0 Å². The highest BCUT2D eigenvalue weighted by molar-refractivity contribution is 6.32. The molecular weight excluding hydrogens is 238 g/mol. The van der Waals surface area contributed by atoms with Crippen LogP contribution in [-0.4, -0.2) is 21.1 Å². The van der Waals surface area contributed by atoms with Crippen LogP contribution >= 0.6 is 11.6 Å². The fourth-order valence-corrected chi connectivity index (χ4v) is 2.71. The Bertz CT molecular complexity index is 447. The lowest BCUT2D eigenvalue weighted by Gasteiger charge is -2.21. The first-order valence-electron chi connectivity index (χ1n) is 5.94. The summed E-state index contributed by atoms with van der Waals surface area (Å²) in [6.07, 6.45) is 3.95. The van der Waals surface area contributed by atoms with E-state index in [-0.39, 0.29) is 12.2 Å². The van der Waals surface area contributed by atoms with E-state index in [1.54, 1.807) is 11.7 Å². The third-order valence-electron chi connectivity index (χ3n) is 3.64. The highest BCUT2D eigenvalue weighted by atomic mass is 35.5. The van der Waals surface area contributed by atoms with E-state index in [0.29, 0.717) is 5.02 Å². The number of hydrogen-bond acceptors (Lipinski definition) is 3. The molecule has 1 fully saturated rings. The Hall–Kier alpha value is -0.870. The van der Waals surface area contributed by atoms with Gasteiger partial charge in [-0.25, -0.2) is 0 Å². The molecule has 0 aromatic carbocycles. The lowest BCUT2D eigenvalue weighted by atomic mass is 9.90. The standard InChI is InChI=1S/C12H18ClN3O/c1-8-11(13)9(16(2)15-8)7-10(17)12(14)5-3-4-6-12/h3-7,14H2,1-2H3. The van der Waals surface area contributed by atoms with Gasteiger partial charge in [0.15, 0.2) is 5.78 Å². The number of halogens is 1. The first-order chi connectivity index (χ1) is 7.94. The maximum absolute atomic E-state index is 12.2. The highest BCUT2D eigenvalue weighted by Crippen LogP contribution is 2.30. The van der Waals surface area contributed by atoms with E-state index in [4.69, 9.17) is 17.3 Å². The first-order valence-corrected chi connectivity index (χ1v) is 6.32. The minimum atomic E-state index is -0.637. The SMILES string of the molecule is Cc1nn(C)c(CC(=O)C2(N)CCCC2)c1Cl. The normalized spacial score (nSPS) is 18.6. The van der Waals surface area contributed by atoms with E-state index in [0.717, 1.165) is 37.1 Å². The van der Waals surface area contributed by atoms with Crippen LogP contribution in [-0.2, 0) is 18.3 Å². The molecule has 0 atom stereocenters. The summed E-state index contributed by atoms with van der Waals surface area (Å²) >= 11 is 6.13. The third-order valence-corrected chi connectivity index (χ3v) is 4.13. The van der Waals surface area contributed by atoms with Crippen molar-refractivity contribution in [1.29, 1.82) is 0 Å². The van der Waals surface area contributed by atoms with Gasteiger partial charge in [0.1, 0.15) is 0 Å². The van der Waals surface area contributed by atoms with Crippen molar-refractivity contribution in [1.82, 2.24) is 9.78 Å². The van der Waals surface area contributed by atoms with E-state index >= 15 is 0 Å². The first kappa shape index (κ1) is 12.6. The molecule has 17 heavy (non-hydrogen) atoms. The summed E-state index contributed by atoms with van der Waals surface area (Å²) in [7, 11) is 1.80. The third kappa shape index (κ3) is 2.24. The molecule has 0 radical (unpaired) electrons. The van der Waals surface area contributed by atoms with Crippen molar-refractivity contribution in [2.24, 2.45) is 12.8 Å². The zero-order valence-electron chi connectivity index (χ0n) is 10.3. The van der Waals surface area contributed by atoms with E-state index in [1.807, 2.05) is 6.92 Å². The van der Waals surface area contributed by atoms with Gasteiger partial charge in [0.05, 0.1) is 28.4 Å². The highest BCUT2D eigenvalue weighted by Gasteiger charge is 2.37. The Labute approximate surface area is 106 Å². The van der Waals surface area contributed by atoms with Crippen LogP contribution in [0, 0.1) is 6.92 Å². The second-order valence-corrected chi connectivity index (χ2v) is 5.31. The molecule has 94 valence electrons.